The lowest BCUT2D eigenvalue weighted by molar-refractivity contribution is -0.527. The first-order chi connectivity index (χ1) is 8.22. The van der Waals surface area contributed by atoms with Gasteiger partial charge in [-0.1, -0.05) is 0 Å². The van der Waals surface area contributed by atoms with Crippen LogP contribution in [0.25, 0.3) is 11.4 Å². The summed E-state index contributed by atoms with van der Waals surface area (Å²) in [4.78, 5) is 0. The van der Waals surface area contributed by atoms with Crippen molar-refractivity contribution in [3.63, 3.8) is 0 Å². The fourth-order valence-electron chi connectivity index (χ4n) is 2.26. The van der Waals surface area contributed by atoms with Gasteiger partial charge in [-0.15, -0.1) is 0 Å². The first-order valence-corrected chi connectivity index (χ1v) is 5.47. The Balaban J connectivity index is 2.32. The minimum atomic E-state index is 0.866. The molecule has 2 aromatic rings. The molecular formula is C12H13BN2O2+. The molecule has 0 bridgehead atoms. The summed E-state index contributed by atoms with van der Waals surface area (Å²) in [5.74, 6) is 2.84. The first kappa shape index (κ1) is 10.3. The number of fused-ring (bicyclic) bond motifs is 3. The molecule has 3 rings (SSSR count). The maximum atomic E-state index is 5.61. The van der Waals surface area contributed by atoms with Crippen molar-refractivity contribution in [1.82, 2.24) is 4.57 Å². The summed E-state index contributed by atoms with van der Waals surface area (Å²) in [5, 5.41) is 0. The van der Waals surface area contributed by atoms with Crippen LogP contribution >= 0.6 is 0 Å². The lowest BCUT2D eigenvalue weighted by atomic mass is 10.0. The Labute approximate surface area is 101 Å². The van der Waals surface area contributed by atoms with Crippen LogP contribution in [0.2, 0.25) is 0 Å². The lowest BCUT2D eigenvalue weighted by Crippen LogP contribution is -2.47. The number of methoxy groups -OCH3 is 1. The molecule has 17 heavy (non-hydrogen) atoms. The second kappa shape index (κ2) is 3.55. The fourth-order valence-corrected chi connectivity index (χ4v) is 2.26. The smallest absolute Gasteiger partial charge is 0.521 e. The molecule has 0 saturated carbocycles. The molecule has 0 unspecified atom stereocenters. The normalized spacial score (nSPS) is 12.2. The SMILES string of the molecule is COc1ccc2c(c1C)-c1n(C)cc[n+]1[B]O2. The molecule has 0 spiro atoms. The maximum Gasteiger partial charge on any atom is 0.680 e. The Morgan fingerprint density at radius 2 is 2.24 bits per heavy atom. The molecule has 1 aromatic carbocycles. The van der Waals surface area contributed by atoms with Crippen LogP contribution < -0.4 is 13.9 Å². The Morgan fingerprint density at radius 3 is 3.00 bits per heavy atom. The molecule has 1 aliphatic heterocycles. The van der Waals surface area contributed by atoms with Crippen LogP contribution in [-0.2, 0) is 7.05 Å². The van der Waals surface area contributed by atoms with E-state index in [2.05, 4.69) is 4.57 Å². The zero-order valence-electron chi connectivity index (χ0n) is 10.1. The Morgan fingerprint density at radius 1 is 1.41 bits per heavy atom. The second-order valence-corrected chi connectivity index (χ2v) is 4.13. The Hall–Kier alpha value is -1.91. The van der Waals surface area contributed by atoms with Gasteiger partial charge in [-0.25, -0.2) is 4.57 Å². The van der Waals surface area contributed by atoms with E-state index in [0.717, 1.165) is 28.5 Å². The van der Waals surface area contributed by atoms with Gasteiger partial charge in [0.2, 0.25) is 0 Å². The average molecular weight is 228 g/mol. The molecule has 1 aliphatic rings. The van der Waals surface area contributed by atoms with Crippen LogP contribution in [0.1, 0.15) is 5.56 Å². The van der Waals surface area contributed by atoms with Crippen molar-refractivity contribution in [2.75, 3.05) is 7.11 Å². The summed E-state index contributed by atoms with van der Waals surface area (Å²) in [6.45, 7) is 2.05. The highest BCUT2D eigenvalue weighted by Gasteiger charge is 2.31. The average Bonchev–Trinajstić information content (AvgIpc) is 2.72. The van der Waals surface area contributed by atoms with Gasteiger partial charge in [0.1, 0.15) is 29.5 Å². The van der Waals surface area contributed by atoms with E-state index in [0.29, 0.717) is 0 Å². The largest absolute Gasteiger partial charge is 0.680 e. The number of aryl methyl sites for hydroxylation is 1. The van der Waals surface area contributed by atoms with Gasteiger partial charge in [-0.05, 0) is 19.1 Å². The lowest BCUT2D eigenvalue weighted by Gasteiger charge is -2.17. The molecule has 5 heteroatoms. The molecule has 0 aliphatic carbocycles. The highest BCUT2D eigenvalue weighted by molar-refractivity contribution is 6.18. The minimum Gasteiger partial charge on any atom is -0.521 e. The monoisotopic (exact) mass is 228 g/mol. The van der Waals surface area contributed by atoms with Crippen molar-refractivity contribution in [3.05, 3.63) is 30.1 Å². The zero-order chi connectivity index (χ0) is 12.0. The molecule has 2 heterocycles. The van der Waals surface area contributed by atoms with Crippen molar-refractivity contribution in [3.8, 4) is 22.9 Å². The zero-order valence-corrected chi connectivity index (χ0v) is 10.1. The number of hydrogen-bond donors (Lipinski definition) is 0. The molecule has 0 N–H and O–H groups in total. The van der Waals surface area contributed by atoms with Gasteiger partial charge in [0.25, 0.3) is 5.82 Å². The molecule has 4 nitrogen and oxygen atoms in total. The van der Waals surface area contributed by atoms with Crippen LogP contribution in [0.3, 0.4) is 0 Å². The van der Waals surface area contributed by atoms with E-state index >= 15 is 0 Å². The predicted molar refractivity (Wildman–Crippen MR) is 64.1 cm³/mol. The quantitative estimate of drug-likeness (QED) is 0.682. The molecule has 0 saturated heterocycles. The molecule has 1 radical (unpaired) electrons. The Bertz CT molecular complexity index is 592. The summed E-state index contributed by atoms with van der Waals surface area (Å²) in [6, 6.07) is 3.87. The summed E-state index contributed by atoms with van der Waals surface area (Å²) in [6.07, 6.45) is 3.97. The van der Waals surface area contributed by atoms with Crippen LogP contribution in [0.4, 0.5) is 0 Å². The van der Waals surface area contributed by atoms with Crippen molar-refractivity contribution in [1.29, 1.82) is 0 Å². The van der Waals surface area contributed by atoms with Gasteiger partial charge >= 0.3 is 7.62 Å². The van der Waals surface area contributed by atoms with Gasteiger partial charge in [0.15, 0.2) is 0 Å². The highest BCUT2D eigenvalue weighted by Crippen LogP contribution is 2.37. The van der Waals surface area contributed by atoms with E-state index in [1.54, 1.807) is 14.7 Å². The third-order valence-electron chi connectivity index (χ3n) is 3.14. The summed E-state index contributed by atoms with van der Waals surface area (Å²) in [5.41, 5.74) is 2.17. The van der Waals surface area contributed by atoms with E-state index in [4.69, 9.17) is 9.39 Å². The number of benzene rings is 1. The van der Waals surface area contributed by atoms with E-state index in [1.807, 2.05) is 43.0 Å². The summed E-state index contributed by atoms with van der Waals surface area (Å²) in [7, 11) is 5.42. The topological polar surface area (TPSA) is 27.3 Å². The van der Waals surface area contributed by atoms with Crippen molar-refractivity contribution in [2.45, 2.75) is 6.92 Å². The minimum absolute atomic E-state index is 0.866. The third-order valence-corrected chi connectivity index (χ3v) is 3.14. The third kappa shape index (κ3) is 1.35. The van der Waals surface area contributed by atoms with Crippen LogP contribution in [0.15, 0.2) is 24.5 Å². The van der Waals surface area contributed by atoms with E-state index in [-0.39, 0.29) is 0 Å². The molecule has 0 fully saturated rings. The molecule has 0 atom stereocenters. The van der Waals surface area contributed by atoms with Crippen molar-refractivity contribution >= 4 is 7.62 Å². The molecule has 0 amide bonds. The van der Waals surface area contributed by atoms with Gasteiger partial charge in [0, 0.05) is 5.56 Å². The van der Waals surface area contributed by atoms with Crippen molar-refractivity contribution in [2.24, 2.45) is 7.05 Å². The van der Waals surface area contributed by atoms with Gasteiger partial charge in [0.05, 0.1) is 14.2 Å². The summed E-state index contributed by atoms with van der Waals surface area (Å²) < 4.78 is 15.0. The first-order valence-electron chi connectivity index (χ1n) is 5.47. The maximum absolute atomic E-state index is 5.61. The predicted octanol–water partition coefficient (Wildman–Crippen LogP) is 1.07. The number of ether oxygens (including phenoxy) is 1. The molecule has 1 aromatic heterocycles. The standard InChI is InChI=1S/C12H13BN2O2/c1-8-9(16-3)4-5-10-11(8)12-14(2)6-7-15(12)13-17-10/h4-7H,1-3H3/q+1. The summed E-state index contributed by atoms with van der Waals surface area (Å²) >= 11 is 0. The van der Waals surface area contributed by atoms with Gasteiger partial charge < -0.3 is 9.39 Å². The van der Waals surface area contributed by atoms with E-state index < -0.39 is 0 Å². The molecular weight excluding hydrogens is 215 g/mol. The van der Waals surface area contributed by atoms with E-state index in [1.165, 1.54) is 0 Å². The van der Waals surface area contributed by atoms with Crippen LogP contribution in [0, 0.1) is 6.92 Å². The number of nitrogens with zero attached hydrogens (tertiary/aromatic N) is 2. The molecule has 85 valence electrons. The number of aromatic nitrogens is 2. The number of rotatable bonds is 1. The van der Waals surface area contributed by atoms with Crippen LogP contribution in [0.5, 0.6) is 11.5 Å². The number of imidazole rings is 1. The van der Waals surface area contributed by atoms with E-state index in [9.17, 15) is 0 Å². The van der Waals surface area contributed by atoms with Gasteiger partial charge in [-0.3, -0.25) is 4.48 Å². The van der Waals surface area contributed by atoms with Gasteiger partial charge in [-0.2, -0.15) is 0 Å². The Kier molecular flexibility index (Phi) is 2.14. The second-order valence-electron chi connectivity index (χ2n) is 4.13. The highest BCUT2D eigenvalue weighted by atomic mass is 16.5. The van der Waals surface area contributed by atoms with Crippen molar-refractivity contribution < 1.29 is 13.9 Å². The fraction of sp³-hybridized carbons (Fsp3) is 0.250. The van der Waals surface area contributed by atoms with Crippen LogP contribution in [-0.4, -0.2) is 19.3 Å². The number of hydrogen-bond acceptors (Lipinski definition) is 2.